The molecule has 25 heavy (non-hydrogen) atoms. The highest BCUT2D eigenvalue weighted by atomic mass is 19.4. The fourth-order valence-electron chi connectivity index (χ4n) is 3.24. The fourth-order valence-corrected chi connectivity index (χ4v) is 3.24. The average molecular weight is 355 g/mol. The Morgan fingerprint density at radius 1 is 1.36 bits per heavy atom. The number of nitrogens with zero attached hydrogens (tertiary/aromatic N) is 5. The van der Waals surface area contributed by atoms with Crippen LogP contribution in [0.15, 0.2) is 18.5 Å². The molecular formula is C16H20F3N5O. The van der Waals surface area contributed by atoms with E-state index in [2.05, 4.69) is 10.1 Å². The minimum Gasteiger partial charge on any atom is -0.342 e. The first-order valence-corrected chi connectivity index (χ1v) is 8.11. The zero-order valence-electron chi connectivity index (χ0n) is 14.1. The van der Waals surface area contributed by atoms with E-state index in [1.165, 1.54) is 4.57 Å². The molecule has 0 N–H and O–H groups in total. The first kappa shape index (κ1) is 17.5. The Kier molecular flexibility index (Phi) is 4.57. The van der Waals surface area contributed by atoms with Gasteiger partial charge in [0.1, 0.15) is 5.82 Å². The molecule has 0 aliphatic carbocycles. The minimum absolute atomic E-state index is 0.0614. The number of carbonyl (C=O) groups is 1. The Hall–Kier alpha value is -2.32. The number of carbonyl (C=O) groups excluding carboxylic acids is 1. The predicted molar refractivity (Wildman–Crippen MR) is 83.7 cm³/mol. The van der Waals surface area contributed by atoms with Crippen molar-refractivity contribution in [2.75, 3.05) is 13.1 Å². The summed E-state index contributed by atoms with van der Waals surface area (Å²) in [5.74, 6) is 0.124. The molecule has 136 valence electrons. The van der Waals surface area contributed by atoms with Gasteiger partial charge in [-0.25, -0.2) is 4.98 Å². The van der Waals surface area contributed by atoms with Crippen molar-refractivity contribution in [3.05, 3.63) is 35.7 Å². The van der Waals surface area contributed by atoms with Crippen molar-refractivity contribution in [3.8, 4) is 0 Å². The number of imidazole rings is 1. The second-order valence-electron chi connectivity index (χ2n) is 6.43. The third kappa shape index (κ3) is 3.85. The van der Waals surface area contributed by atoms with E-state index < -0.39 is 11.9 Å². The molecule has 0 aromatic carbocycles. The van der Waals surface area contributed by atoms with Gasteiger partial charge in [0.2, 0.25) is 5.91 Å². The Labute approximate surface area is 143 Å². The van der Waals surface area contributed by atoms with Crippen LogP contribution in [0.5, 0.6) is 0 Å². The van der Waals surface area contributed by atoms with E-state index >= 15 is 0 Å². The van der Waals surface area contributed by atoms with Crippen LogP contribution in [0.25, 0.3) is 0 Å². The van der Waals surface area contributed by atoms with Gasteiger partial charge >= 0.3 is 6.18 Å². The number of likely N-dealkylation sites (tertiary alicyclic amines) is 1. The predicted octanol–water partition coefficient (Wildman–Crippen LogP) is 2.12. The van der Waals surface area contributed by atoms with E-state index in [-0.39, 0.29) is 18.2 Å². The standard InChI is InChI=1S/C16H20F3N5O/c1-22-10-13(16(17,18)19)20-15(22)11-4-3-6-24(9-11)14(25)8-12-5-7-23(2)21-12/h5,7,10-11H,3-4,6,8-9H2,1-2H3/t11-/m1/s1. The molecule has 3 rings (SSSR count). The highest BCUT2D eigenvalue weighted by Crippen LogP contribution is 2.32. The van der Waals surface area contributed by atoms with Crippen LogP contribution in [0.4, 0.5) is 13.2 Å². The normalized spacial score (nSPS) is 18.6. The molecule has 0 spiro atoms. The average Bonchev–Trinajstić information content (AvgIpc) is 3.13. The Morgan fingerprint density at radius 2 is 2.12 bits per heavy atom. The van der Waals surface area contributed by atoms with E-state index in [1.54, 1.807) is 35.9 Å². The molecule has 0 saturated carbocycles. The van der Waals surface area contributed by atoms with Crippen LogP contribution in [0.1, 0.15) is 36.0 Å². The molecule has 0 unspecified atom stereocenters. The molecule has 1 atom stereocenters. The summed E-state index contributed by atoms with van der Waals surface area (Å²) in [6.07, 6.45) is -0.0262. The fraction of sp³-hybridized carbons (Fsp3) is 0.562. The summed E-state index contributed by atoms with van der Waals surface area (Å²) >= 11 is 0. The monoisotopic (exact) mass is 355 g/mol. The number of alkyl halides is 3. The van der Waals surface area contributed by atoms with Crippen molar-refractivity contribution >= 4 is 5.91 Å². The number of aromatic nitrogens is 4. The number of amides is 1. The Morgan fingerprint density at radius 3 is 2.72 bits per heavy atom. The van der Waals surface area contributed by atoms with Gasteiger partial charge in [0.25, 0.3) is 0 Å². The lowest BCUT2D eigenvalue weighted by Gasteiger charge is -2.32. The molecule has 1 aliphatic rings. The van der Waals surface area contributed by atoms with Gasteiger partial charge in [-0.05, 0) is 18.9 Å². The zero-order valence-corrected chi connectivity index (χ0v) is 14.1. The third-order valence-corrected chi connectivity index (χ3v) is 4.44. The number of hydrogen-bond donors (Lipinski definition) is 0. The summed E-state index contributed by atoms with van der Waals surface area (Å²) in [5, 5.41) is 4.19. The quantitative estimate of drug-likeness (QED) is 0.848. The first-order valence-electron chi connectivity index (χ1n) is 8.11. The Bertz CT molecular complexity index is 764. The van der Waals surface area contributed by atoms with E-state index in [0.29, 0.717) is 24.6 Å². The summed E-state index contributed by atoms with van der Waals surface area (Å²) < 4.78 is 41.6. The van der Waals surface area contributed by atoms with Crippen LogP contribution >= 0.6 is 0 Å². The van der Waals surface area contributed by atoms with Gasteiger partial charge in [-0.3, -0.25) is 9.48 Å². The lowest BCUT2D eigenvalue weighted by Crippen LogP contribution is -2.40. The van der Waals surface area contributed by atoms with Crippen molar-refractivity contribution in [3.63, 3.8) is 0 Å². The largest absolute Gasteiger partial charge is 0.434 e. The van der Waals surface area contributed by atoms with E-state index in [1.807, 2.05) is 0 Å². The van der Waals surface area contributed by atoms with Gasteiger partial charge in [-0.2, -0.15) is 18.3 Å². The highest BCUT2D eigenvalue weighted by molar-refractivity contribution is 5.78. The van der Waals surface area contributed by atoms with E-state index in [0.717, 1.165) is 19.0 Å². The molecule has 1 saturated heterocycles. The molecule has 2 aromatic rings. The molecule has 0 radical (unpaired) electrons. The Balaban J connectivity index is 1.71. The van der Waals surface area contributed by atoms with Gasteiger partial charge in [-0.15, -0.1) is 0 Å². The topological polar surface area (TPSA) is 56.0 Å². The van der Waals surface area contributed by atoms with Gasteiger partial charge in [0.05, 0.1) is 12.1 Å². The van der Waals surface area contributed by atoms with Gasteiger partial charge in [-0.1, -0.05) is 0 Å². The molecule has 1 fully saturated rings. The summed E-state index contributed by atoms with van der Waals surface area (Å²) in [4.78, 5) is 17.9. The van der Waals surface area contributed by atoms with Crippen molar-refractivity contribution in [2.24, 2.45) is 14.1 Å². The maximum absolute atomic E-state index is 12.8. The highest BCUT2D eigenvalue weighted by Gasteiger charge is 2.36. The van der Waals surface area contributed by atoms with Crippen LogP contribution in [0, 0.1) is 0 Å². The molecule has 2 aromatic heterocycles. The molecule has 1 aliphatic heterocycles. The van der Waals surface area contributed by atoms with Crippen molar-refractivity contribution in [2.45, 2.75) is 31.4 Å². The molecule has 3 heterocycles. The molecule has 6 nitrogen and oxygen atoms in total. The van der Waals surface area contributed by atoms with Gasteiger partial charge in [0, 0.05) is 45.5 Å². The molecule has 9 heteroatoms. The number of aryl methyl sites for hydroxylation is 2. The van der Waals surface area contributed by atoms with Crippen LogP contribution in [0.2, 0.25) is 0 Å². The first-order chi connectivity index (χ1) is 11.7. The summed E-state index contributed by atoms with van der Waals surface area (Å²) in [5.41, 5.74) is -0.201. The van der Waals surface area contributed by atoms with Crippen LogP contribution in [0.3, 0.4) is 0 Å². The number of hydrogen-bond acceptors (Lipinski definition) is 3. The SMILES string of the molecule is Cn1ccc(CC(=O)N2CCC[C@@H](c3nc(C(F)(F)F)cn3C)C2)n1. The summed E-state index contributed by atoms with van der Waals surface area (Å²) in [6.45, 7) is 0.993. The number of piperidine rings is 1. The maximum atomic E-state index is 12.8. The lowest BCUT2D eigenvalue weighted by molar-refractivity contribution is -0.141. The summed E-state index contributed by atoms with van der Waals surface area (Å²) in [7, 11) is 3.34. The van der Waals surface area contributed by atoms with Crippen molar-refractivity contribution < 1.29 is 18.0 Å². The van der Waals surface area contributed by atoms with Crippen molar-refractivity contribution in [1.29, 1.82) is 0 Å². The van der Waals surface area contributed by atoms with Crippen LogP contribution in [-0.4, -0.2) is 43.2 Å². The van der Waals surface area contributed by atoms with Crippen LogP contribution < -0.4 is 0 Å². The van der Waals surface area contributed by atoms with Gasteiger partial charge < -0.3 is 9.47 Å². The summed E-state index contributed by atoms with van der Waals surface area (Å²) in [6, 6.07) is 1.79. The van der Waals surface area contributed by atoms with E-state index in [9.17, 15) is 18.0 Å². The van der Waals surface area contributed by atoms with E-state index in [4.69, 9.17) is 0 Å². The number of rotatable bonds is 3. The smallest absolute Gasteiger partial charge is 0.342 e. The maximum Gasteiger partial charge on any atom is 0.434 e. The van der Waals surface area contributed by atoms with Crippen molar-refractivity contribution in [1.82, 2.24) is 24.2 Å². The zero-order chi connectivity index (χ0) is 18.2. The second kappa shape index (κ2) is 6.53. The molecular weight excluding hydrogens is 335 g/mol. The third-order valence-electron chi connectivity index (χ3n) is 4.44. The molecule has 1 amide bonds. The van der Waals surface area contributed by atoms with Gasteiger partial charge in [0.15, 0.2) is 5.69 Å². The number of halogens is 3. The lowest BCUT2D eigenvalue weighted by atomic mass is 9.96. The minimum atomic E-state index is -4.46. The second-order valence-corrected chi connectivity index (χ2v) is 6.43. The van der Waals surface area contributed by atoms with Crippen LogP contribution in [-0.2, 0) is 31.5 Å². The molecule has 0 bridgehead atoms.